The largest absolute Gasteiger partial charge is 0.456 e. The van der Waals surface area contributed by atoms with Crippen molar-refractivity contribution in [2.24, 2.45) is 0 Å². The second-order valence-corrected chi connectivity index (χ2v) is 24.0. The van der Waals surface area contributed by atoms with Crippen LogP contribution in [0.4, 0.5) is 17.2 Å². The molecule has 8 aromatic carbocycles. The molecular weight excluding hydrogens is 811 g/mol. The van der Waals surface area contributed by atoms with E-state index in [2.05, 4.69) is 235 Å². The monoisotopic (exact) mass is 851 g/mol. The summed E-state index contributed by atoms with van der Waals surface area (Å²) in [4.78, 5) is 12.7. The first-order valence-corrected chi connectivity index (χ1v) is 25.8. The van der Waals surface area contributed by atoms with E-state index in [1.54, 1.807) is 0 Å². The molecule has 0 radical (unpaired) electrons. The summed E-state index contributed by atoms with van der Waals surface area (Å²) in [7, 11) is -6.06. The molecule has 3 aromatic heterocycles. The Balaban J connectivity index is 1.20. The summed E-state index contributed by atoms with van der Waals surface area (Å²) in [6.45, 7) is 0. The number of nitrogens with zero attached hydrogens (tertiary/aromatic N) is 3. The van der Waals surface area contributed by atoms with Gasteiger partial charge in [0.2, 0.25) is 0 Å². The summed E-state index contributed by atoms with van der Waals surface area (Å²) >= 11 is 0. The van der Waals surface area contributed by atoms with Gasteiger partial charge in [0, 0.05) is 29.0 Å². The molecule has 4 heterocycles. The fourth-order valence-corrected chi connectivity index (χ4v) is 20.4. The van der Waals surface area contributed by atoms with Gasteiger partial charge in [0.1, 0.15) is 17.0 Å². The molecule has 0 aliphatic carbocycles. The Labute approximate surface area is 374 Å². The van der Waals surface area contributed by atoms with Gasteiger partial charge in [-0.25, -0.2) is 4.98 Å². The fourth-order valence-electron chi connectivity index (χ4n) is 10.6. The minimum Gasteiger partial charge on any atom is -0.456 e. The summed E-state index contributed by atoms with van der Waals surface area (Å²) in [5.74, 6) is 0.938. The highest BCUT2D eigenvalue weighted by Gasteiger charge is 2.51. The third-order valence-electron chi connectivity index (χ3n) is 13.2. The maximum absolute atomic E-state index is 6.74. The van der Waals surface area contributed by atoms with E-state index in [4.69, 9.17) is 14.4 Å². The second-order valence-electron chi connectivity index (χ2n) is 16.5. The van der Waals surface area contributed by atoms with Crippen molar-refractivity contribution in [2.75, 3.05) is 4.90 Å². The maximum Gasteiger partial charge on any atom is 0.186 e. The Kier molecular flexibility index (Phi) is 9.14. The summed E-state index contributed by atoms with van der Waals surface area (Å²) in [5.41, 5.74) is 5.94. The first-order valence-electron chi connectivity index (χ1n) is 21.8. The molecular formula is C58H41N3OSi2. The lowest BCUT2D eigenvalue weighted by Gasteiger charge is -2.44. The highest BCUT2D eigenvalue weighted by atomic mass is 28.3. The lowest BCUT2D eigenvalue weighted by molar-refractivity contribution is 0.669. The summed E-state index contributed by atoms with van der Waals surface area (Å²) in [6, 6.07) is 86.6. The number of benzene rings is 8. The molecule has 11 aromatic rings. The Morgan fingerprint density at radius 1 is 0.422 bits per heavy atom. The SMILES string of the molecule is c1ccc([Si](c2ccccc2)(c2cccc(-c3ccccn3)c2)c2cccc(N3c4ncccc4[Si](c4ccccc4)(c4ccccc4)c4ccc5oc6ccccc6c5c43)c2)cc1. The van der Waals surface area contributed by atoms with Crippen LogP contribution in [0.5, 0.6) is 0 Å². The highest BCUT2D eigenvalue weighted by molar-refractivity contribution is 7.21. The normalized spacial score (nSPS) is 13.1. The third-order valence-corrected chi connectivity index (χ3v) is 22.7. The molecule has 0 bridgehead atoms. The van der Waals surface area contributed by atoms with Crippen LogP contribution in [-0.2, 0) is 0 Å². The molecule has 0 spiro atoms. The van der Waals surface area contributed by atoms with Crippen LogP contribution < -0.4 is 46.4 Å². The van der Waals surface area contributed by atoms with Crippen molar-refractivity contribution in [3.63, 3.8) is 0 Å². The van der Waals surface area contributed by atoms with Crippen LogP contribution in [0.25, 0.3) is 33.2 Å². The zero-order chi connectivity index (χ0) is 42.5. The molecule has 0 N–H and O–H groups in total. The van der Waals surface area contributed by atoms with Gasteiger partial charge < -0.3 is 4.42 Å². The number of anilines is 3. The molecule has 1 aliphatic heterocycles. The number of furan rings is 1. The van der Waals surface area contributed by atoms with Crippen molar-refractivity contribution in [1.29, 1.82) is 0 Å². The van der Waals surface area contributed by atoms with Crippen LogP contribution in [-0.4, -0.2) is 26.1 Å². The van der Waals surface area contributed by atoms with Gasteiger partial charge in [0.15, 0.2) is 16.1 Å². The molecule has 302 valence electrons. The molecule has 0 atom stereocenters. The van der Waals surface area contributed by atoms with Crippen LogP contribution in [0, 0.1) is 0 Å². The van der Waals surface area contributed by atoms with E-state index in [1.807, 2.05) is 18.5 Å². The number of aromatic nitrogens is 2. The average Bonchev–Trinajstić information content (AvgIpc) is 3.77. The molecule has 0 unspecified atom stereocenters. The van der Waals surface area contributed by atoms with Crippen LogP contribution in [0.1, 0.15) is 0 Å². The molecule has 64 heavy (non-hydrogen) atoms. The molecule has 0 fully saturated rings. The molecule has 0 saturated carbocycles. The van der Waals surface area contributed by atoms with Gasteiger partial charge in [-0.3, -0.25) is 9.88 Å². The predicted molar refractivity (Wildman–Crippen MR) is 270 cm³/mol. The van der Waals surface area contributed by atoms with Gasteiger partial charge in [0.25, 0.3) is 0 Å². The number of pyridine rings is 2. The minimum atomic E-state index is -3.04. The average molecular weight is 852 g/mol. The smallest absolute Gasteiger partial charge is 0.186 e. The standard InChI is InChI=1S/C58H41N3OSi2/c1-5-22-44(23-6-1)63(45-24-7-2-8-25-45,48-30-17-20-42(40-48)51-33-15-16-38-59-51)49-31-18-21-43(41-49)61-57-54(37-36-53-56(57)50-32-13-14-34-52(50)62-53)64(46-26-9-3-10-27-46,47-28-11-4-12-29-47)55-35-19-39-60-58(55)61/h1-41H. The van der Waals surface area contributed by atoms with Gasteiger partial charge >= 0.3 is 0 Å². The first kappa shape index (κ1) is 37.8. The molecule has 12 rings (SSSR count). The third kappa shape index (κ3) is 5.73. The van der Waals surface area contributed by atoms with Crippen molar-refractivity contribution in [3.8, 4) is 11.3 Å². The van der Waals surface area contributed by atoms with Crippen molar-refractivity contribution in [1.82, 2.24) is 9.97 Å². The summed E-state index contributed by atoms with van der Waals surface area (Å²) in [6.07, 6.45) is 3.83. The Bertz CT molecular complexity index is 3370. The number of hydrogen-bond donors (Lipinski definition) is 0. The number of para-hydroxylation sites is 1. The quantitative estimate of drug-likeness (QED) is 0.114. The van der Waals surface area contributed by atoms with Crippen molar-refractivity contribution in [2.45, 2.75) is 0 Å². The summed E-state index contributed by atoms with van der Waals surface area (Å²) < 4.78 is 6.74. The van der Waals surface area contributed by atoms with E-state index in [1.165, 1.54) is 41.5 Å². The Hall–Kier alpha value is -7.91. The molecule has 1 aliphatic rings. The van der Waals surface area contributed by atoms with Crippen molar-refractivity contribution in [3.05, 3.63) is 249 Å². The van der Waals surface area contributed by atoms with Crippen LogP contribution >= 0.6 is 0 Å². The first-order chi connectivity index (χ1) is 31.8. The van der Waals surface area contributed by atoms with Gasteiger partial charge in [-0.1, -0.05) is 194 Å². The van der Waals surface area contributed by atoms with E-state index in [9.17, 15) is 0 Å². The number of rotatable bonds is 8. The zero-order valence-electron chi connectivity index (χ0n) is 34.9. The summed E-state index contributed by atoms with van der Waals surface area (Å²) in [5, 5.41) is 12.5. The molecule has 6 heteroatoms. The van der Waals surface area contributed by atoms with Crippen LogP contribution in [0.2, 0.25) is 0 Å². The van der Waals surface area contributed by atoms with Crippen molar-refractivity contribution < 1.29 is 4.42 Å². The molecule has 0 saturated heterocycles. The molecule has 0 amide bonds. The van der Waals surface area contributed by atoms with Crippen molar-refractivity contribution >= 4 is 96.8 Å². The van der Waals surface area contributed by atoms with Crippen LogP contribution in [0.3, 0.4) is 0 Å². The second kappa shape index (κ2) is 15.5. The highest BCUT2D eigenvalue weighted by Crippen LogP contribution is 2.44. The fraction of sp³-hybridized carbons (Fsp3) is 0. The van der Waals surface area contributed by atoms with Gasteiger partial charge in [-0.15, -0.1) is 0 Å². The van der Waals surface area contributed by atoms with Gasteiger partial charge in [-0.05, 0) is 84.0 Å². The Morgan fingerprint density at radius 3 is 1.70 bits per heavy atom. The number of hydrogen-bond acceptors (Lipinski definition) is 4. The lowest BCUT2D eigenvalue weighted by Crippen LogP contribution is -2.77. The Morgan fingerprint density at radius 2 is 1.02 bits per heavy atom. The topological polar surface area (TPSA) is 42.2 Å². The van der Waals surface area contributed by atoms with Gasteiger partial charge in [0.05, 0.1) is 16.8 Å². The van der Waals surface area contributed by atoms with Gasteiger partial charge in [-0.2, -0.15) is 0 Å². The predicted octanol–water partition coefficient (Wildman–Crippen LogP) is 8.58. The van der Waals surface area contributed by atoms with Crippen LogP contribution in [0.15, 0.2) is 253 Å². The van der Waals surface area contributed by atoms with E-state index < -0.39 is 16.1 Å². The number of fused-ring (bicyclic) bond motifs is 6. The van der Waals surface area contributed by atoms with E-state index >= 15 is 0 Å². The zero-order valence-corrected chi connectivity index (χ0v) is 36.9. The molecule has 4 nitrogen and oxygen atoms in total. The van der Waals surface area contributed by atoms with E-state index in [0.717, 1.165) is 50.4 Å². The van der Waals surface area contributed by atoms with E-state index in [-0.39, 0.29) is 0 Å². The minimum absolute atomic E-state index is 0.855. The maximum atomic E-state index is 6.74. The van der Waals surface area contributed by atoms with E-state index in [0.29, 0.717) is 0 Å². The lowest BCUT2D eigenvalue weighted by atomic mass is 10.1.